The third-order valence-corrected chi connectivity index (χ3v) is 5.37. The number of hydrogen-bond donors (Lipinski definition) is 2. The van der Waals surface area contributed by atoms with Crippen LogP contribution in [0.2, 0.25) is 0 Å². The summed E-state index contributed by atoms with van der Waals surface area (Å²) in [6.07, 6.45) is 0. The van der Waals surface area contributed by atoms with Crippen LogP contribution in [0.15, 0.2) is 64.4 Å². The second-order valence-electron chi connectivity index (χ2n) is 6.47. The van der Waals surface area contributed by atoms with Crippen molar-refractivity contribution in [1.29, 1.82) is 0 Å². The van der Waals surface area contributed by atoms with Gasteiger partial charge in [0.1, 0.15) is 10.9 Å². The van der Waals surface area contributed by atoms with Gasteiger partial charge in [-0.25, -0.2) is 14.8 Å². The predicted octanol–water partition coefficient (Wildman–Crippen LogP) is 3.99. The summed E-state index contributed by atoms with van der Waals surface area (Å²) in [6, 6.07) is 17.0. The van der Waals surface area contributed by atoms with Gasteiger partial charge in [-0.05, 0) is 38.1 Å². The van der Waals surface area contributed by atoms with Gasteiger partial charge >= 0.3 is 5.69 Å². The zero-order chi connectivity index (χ0) is 19.7. The molecule has 0 fully saturated rings. The summed E-state index contributed by atoms with van der Waals surface area (Å²) in [5, 5.41) is 0.421. The Morgan fingerprint density at radius 1 is 1.00 bits per heavy atom. The molecule has 2 heterocycles. The van der Waals surface area contributed by atoms with Gasteiger partial charge in [-0.15, -0.1) is 0 Å². The number of imidazole rings is 1. The Morgan fingerprint density at radius 2 is 1.75 bits per heavy atom. The van der Waals surface area contributed by atoms with Crippen molar-refractivity contribution in [3.05, 3.63) is 76.5 Å². The Bertz CT molecular complexity index is 1210. The Balaban J connectivity index is 1.58. The number of aromatic nitrogens is 4. The van der Waals surface area contributed by atoms with E-state index in [1.165, 1.54) is 11.8 Å². The molecule has 0 bridgehead atoms. The number of hydrogen-bond acceptors (Lipinski definition) is 5. The highest BCUT2D eigenvalue weighted by Crippen LogP contribution is 2.28. The van der Waals surface area contributed by atoms with E-state index in [1.807, 2.05) is 50.2 Å². The van der Waals surface area contributed by atoms with E-state index in [2.05, 4.69) is 19.9 Å². The molecule has 7 heteroatoms. The highest BCUT2D eigenvalue weighted by molar-refractivity contribution is 8.00. The third-order valence-electron chi connectivity index (χ3n) is 4.35. The Labute approximate surface area is 165 Å². The van der Waals surface area contributed by atoms with E-state index >= 15 is 0 Å². The first-order valence-corrected chi connectivity index (χ1v) is 9.71. The molecule has 2 N–H and O–H groups in total. The van der Waals surface area contributed by atoms with Crippen LogP contribution in [0.1, 0.15) is 23.1 Å². The Hall–Kier alpha value is -3.19. The summed E-state index contributed by atoms with van der Waals surface area (Å²) in [5.41, 5.74) is 3.42. The van der Waals surface area contributed by atoms with Crippen molar-refractivity contribution in [3.63, 3.8) is 0 Å². The largest absolute Gasteiger partial charge is 0.323 e. The van der Waals surface area contributed by atoms with Crippen molar-refractivity contribution in [3.8, 4) is 11.3 Å². The third kappa shape index (κ3) is 3.75. The fraction of sp³-hybridized carbons (Fsp3) is 0.143. The maximum Gasteiger partial charge on any atom is 0.323 e. The number of aromatic amines is 2. The zero-order valence-corrected chi connectivity index (χ0v) is 16.2. The van der Waals surface area contributed by atoms with Gasteiger partial charge in [-0.3, -0.25) is 4.79 Å². The van der Waals surface area contributed by atoms with E-state index in [0.29, 0.717) is 22.4 Å². The number of fused-ring (bicyclic) bond motifs is 1. The minimum atomic E-state index is -0.332. The van der Waals surface area contributed by atoms with Crippen LogP contribution in [-0.2, 0) is 0 Å². The number of nitrogens with zero attached hydrogens (tertiary/aromatic N) is 2. The monoisotopic (exact) mass is 390 g/mol. The smallest absolute Gasteiger partial charge is 0.306 e. The van der Waals surface area contributed by atoms with Crippen LogP contribution in [0.4, 0.5) is 0 Å². The zero-order valence-electron chi connectivity index (χ0n) is 15.4. The van der Waals surface area contributed by atoms with Gasteiger partial charge in [0.05, 0.1) is 22.0 Å². The SMILES string of the molecule is Cc1nc(SC(C)C(=O)c2ccc3[nH]c(=O)[nH]c3c2)cc(-c2ccccc2)n1. The van der Waals surface area contributed by atoms with Crippen LogP contribution in [-0.4, -0.2) is 31.0 Å². The van der Waals surface area contributed by atoms with E-state index in [4.69, 9.17) is 0 Å². The lowest BCUT2D eigenvalue weighted by atomic mass is 10.1. The van der Waals surface area contributed by atoms with Gasteiger partial charge in [0.2, 0.25) is 0 Å². The minimum absolute atomic E-state index is 0.0218. The van der Waals surface area contributed by atoms with Crippen molar-refractivity contribution in [1.82, 2.24) is 19.9 Å². The number of thioether (sulfide) groups is 1. The average Bonchev–Trinajstić information content (AvgIpc) is 3.06. The van der Waals surface area contributed by atoms with E-state index in [-0.39, 0.29) is 16.7 Å². The number of carbonyl (C=O) groups is 1. The normalized spacial score (nSPS) is 12.2. The topological polar surface area (TPSA) is 91.5 Å². The molecule has 4 rings (SSSR count). The van der Waals surface area contributed by atoms with Crippen LogP contribution in [0.5, 0.6) is 0 Å². The van der Waals surface area contributed by atoms with Crippen LogP contribution in [0, 0.1) is 6.92 Å². The fourth-order valence-electron chi connectivity index (χ4n) is 3.01. The van der Waals surface area contributed by atoms with Crippen LogP contribution < -0.4 is 5.69 Å². The molecule has 0 amide bonds. The second-order valence-corrected chi connectivity index (χ2v) is 7.83. The maximum absolute atomic E-state index is 12.9. The predicted molar refractivity (Wildman–Crippen MR) is 111 cm³/mol. The van der Waals surface area contributed by atoms with Crippen molar-refractivity contribution in [2.45, 2.75) is 24.1 Å². The van der Waals surface area contributed by atoms with Crippen LogP contribution >= 0.6 is 11.8 Å². The van der Waals surface area contributed by atoms with E-state index in [1.54, 1.807) is 18.2 Å². The summed E-state index contributed by atoms with van der Waals surface area (Å²) in [5.74, 6) is 0.640. The van der Waals surface area contributed by atoms with Crippen LogP contribution in [0.3, 0.4) is 0 Å². The van der Waals surface area contributed by atoms with Gasteiger partial charge in [0.25, 0.3) is 0 Å². The number of H-pyrrole nitrogens is 2. The summed E-state index contributed by atoms with van der Waals surface area (Å²) in [6.45, 7) is 3.70. The number of Topliss-reactive ketones (excluding diaryl/α,β-unsaturated/α-hetero) is 1. The first kappa shape index (κ1) is 18.2. The highest BCUT2D eigenvalue weighted by atomic mass is 32.2. The lowest BCUT2D eigenvalue weighted by Crippen LogP contribution is -2.14. The molecule has 6 nitrogen and oxygen atoms in total. The molecule has 2 aromatic heterocycles. The molecule has 140 valence electrons. The summed E-state index contributed by atoms with van der Waals surface area (Å²) >= 11 is 1.40. The van der Waals surface area contributed by atoms with E-state index < -0.39 is 0 Å². The quantitative estimate of drug-likeness (QED) is 0.305. The molecule has 1 unspecified atom stereocenters. The summed E-state index contributed by atoms with van der Waals surface area (Å²) in [7, 11) is 0. The lowest BCUT2D eigenvalue weighted by molar-refractivity contribution is 0.0994. The first-order valence-electron chi connectivity index (χ1n) is 8.83. The molecular formula is C21H18N4O2S. The van der Waals surface area contributed by atoms with Crippen molar-refractivity contribution < 1.29 is 4.79 Å². The van der Waals surface area contributed by atoms with Crippen molar-refractivity contribution >= 4 is 28.6 Å². The molecule has 0 radical (unpaired) electrons. The summed E-state index contributed by atoms with van der Waals surface area (Å²) in [4.78, 5) is 38.6. The Kier molecular flexibility index (Phi) is 4.83. The maximum atomic E-state index is 12.9. The van der Waals surface area contributed by atoms with E-state index in [0.717, 1.165) is 16.3 Å². The standard InChI is InChI=1S/C21H18N4O2S/c1-12(20(26)15-8-9-16-18(10-15)25-21(27)24-16)28-19-11-17(22-13(2)23-19)14-6-4-3-5-7-14/h3-12H,1-2H3,(H2,24,25,27). The second kappa shape index (κ2) is 7.44. The molecule has 4 aromatic rings. The van der Waals surface area contributed by atoms with Gasteiger partial charge in [0, 0.05) is 11.1 Å². The average molecular weight is 390 g/mol. The molecule has 0 aliphatic rings. The minimum Gasteiger partial charge on any atom is -0.306 e. The molecule has 2 aromatic carbocycles. The molecule has 28 heavy (non-hydrogen) atoms. The fourth-order valence-corrected chi connectivity index (χ4v) is 3.98. The number of rotatable bonds is 5. The first-order chi connectivity index (χ1) is 13.5. The van der Waals surface area contributed by atoms with Crippen LogP contribution in [0.25, 0.3) is 22.3 Å². The molecule has 0 saturated carbocycles. The number of aryl methyl sites for hydroxylation is 1. The van der Waals surface area contributed by atoms with Crippen molar-refractivity contribution in [2.75, 3.05) is 0 Å². The van der Waals surface area contributed by atoms with Gasteiger partial charge in [-0.1, -0.05) is 42.1 Å². The molecule has 0 spiro atoms. The van der Waals surface area contributed by atoms with Gasteiger partial charge in [-0.2, -0.15) is 0 Å². The number of carbonyl (C=O) groups excluding carboxylic acids is 1. The molecule has 1 atom stereocenters. The van der Waals surface area contributed by atoms with E-state index in [9.17, 15) is 9.59 Å². The molecule has 0 aliphatic heterocycles. The summed E-state index contributed by atoms with van der Waals surface area (Å²) < 4.78 is 0. The number of ketones is 1. The highest BCUT2D eigenvalue weighted by Gasteiger charge is 2.19. The van der Waals surface area contributed by atoms with Gasteiger partial charge < -0.3 is 9.97 Å². The Morgan fingerprint density at radius 3 is 2.54 bits per heavy atom. The van der Waals surface area contributed by atoms with Gasteiger partial charge in [0.15, 0.2) is 5.78 Å². The lowest BCUT2D eigenvalue weighted by Gasteiger charge is -2.11. The molecular weight excluding hydrogens is 372 g/mol. The molecule has 0 aliphatic carbocycles. The number of nitrogens with one attached hydrogen (secondary N) is 2. The van der Waals surface area contributed by atoms with Crippen molar-refractivity contribution in [2.24, 2.45) is 0 Å². The molecule has 0 saturated heterocycles. The number of benzene rings is 2.